The lowest BCUT2D eigenvalue weighted by molar-refractivity contribution is 0.0953. The van der Waals surface area contributed by atoms with E-state index < -0.39 is 5.91 Å². The van der Waals surface area contributed by atoms with Crippen molar-refractivity contribution >= 4 is 5.91 Å². The third kappa shape index (κ3) is 4.55. The Morgan fingerprint density at radius 3 is 2.84 bits per heavy atom. The molecule has 1 fully saturated rings. The van der Waals surface area contributed by atoms with Crippen LogP contribution in [0.5, 0.6) is 5.75 Å². The fraction of sp³-hybridized carbons (Fsp3) is 0.316. The molecule has 0 saturated carbocycles. The minimum Gasteiger partial charge on any atom is -0.490 e. The fourth-order valence-electron chi connectivity index (χ4n) is 2.99. The number of piperidine rings is 1. The van der Waals surface area contributed by atoms with Crippen LogP contribution in [0.1, 0.15) is 34.5 Å². The Hall–Kier alpha value is -2.91. The van der Waals surface area contributed by atoms with Gasteiger partial charge in [0, 0.05) is 31.9 Å². The van der Waals surface area contributed by atoms with Gasteiger partial charge in [-0.1, -0.05) is 12.1 Å². The molecular formula is C19H20N4O2. The number of benzene rings is 1. The quantitative estimate of drug-likeness (QED) is 0.902. The molecule has 128 valence electrons. The van der Waals surface area contributed by atoms with Crippen molar-refractivity contribution in [1.29, 1.82) is 5.26 Å². The summed E-state index contributed by atoms with van der Waals surface area (Å²) < 4.78 is 5.96. The van der Waals surface area contributed by atoms with Gasteiger partial charge in [-0.05, 0) is 36.6 Å². The number of amides is 1. The molecule has 6 nitrogen and oxygen atoms in total. The number of primary amides is 1. The Kier molecular flexibility index (Phi) is 5.26. The lowest BCUT2D eigenvalue weighted by atomic mass is 10.1. The first-order valence-corrected chi connectivity index (χ1v) is 8.28. The highest BCUT2D eigenvalue weighted by Crippen LogP contribution is 2.20. The van der Waals surface area contributed by atoms with Gasteiger partial charge in [0.1, 0.15) is 17.5 Å². The van der Waals surface area contributed by atoms with Crippen molar-refractivity contribution in [3.63, 3.8) is 0 Å². The zero-order valence-electron chi connectivity index (χ0n) is 13.9. The van der Waals surface area contributed by atoms with E-state index in [-0.39, 0.29) is 11.8 Å². The lowest BCUT2D eigenvalue weighted by Crippen LogP contribution is -2.37. The SMILES string of the molecule is N#Cc1cccc(CN2CCC(Oc3ccnc(C(N)=O)c3)CC2)c1. The monoisotopic (exact) mass is 336 g/mol. The number of nitrogens with two attached hydrogens (primary N) is 1. The summed E-state index contributed by atoms with van der Waals surface area (Å²) >= 11 is 0. The van der Waals surface area contributed by atoms with Crippen LogP contribution >= 0.6 is 0 Å². The highest BCUT2D eigenvalue weighted by atomic mass is 16.5. The normalized spacial score (nSPS) is 15.5. The number of carbonyl (C=O) groups is 1. The second kappa shape index (κ2) is 7.77. The standard InChI is InChI=1S/C19H20N4O2/c20-12-14-2-1-3-15(10-14)13-23-8-5-16(6-9-23)25-17-4-7-22-18(11-17)19(21)24/h1-4,7,10-11,16H,5-6,8-9,13H2,(H2,21,24). The first-order valence-electron chi connectivity index (χ1n) is 8.28. The topological polar surface area (TPSA) is 92.2 Å². The fourth-order valence-corrected chi connectivity index (χ4v) is 2.99. The number of hydrogen-bond acceptors (Lipinski definition) is 5. The number of nitriles is 1. The zero-order valence-corrected chi connectivity index (χ0v) is 13.9. The van der Waals surface area contributed by atoms with Gasteiger partial charge >= 0.3 is 0 Å². The number of likely N-dealkylation sites (tertiary alicyclic amines) is 1. The van der Waals surface area contributed by atoms with Gasteiger partial charge in [-0.3, -0.25) is 14.7 Å². The second-order valence-corrected chi connectivity index (χ2v) is 6.15. The summed E-state index contributed by atoms with van der Waals surface area (Å²) in [5, 5.41) is 8.98. The summed E-state index contributed by atoms with van der Waals surface area (Å²) in [6, 6.07) is 13.2. The van der Waals surface area contributed by atoms with E-state index in [2.05, 4.69) is 16.0 Å². The molecule has 0 atom stereocenters. The van der Waals surface area contributed by atoms with Gasteiger partial charge < -0.3 is 10.5 Å². The number of pyridine rings is 1. The number of aromatic nitrogens is 1. The van der Waals surface area contributed by atoms with Crippen molar-refractivity contribution in [3.8, 4) is 11.8 Å². The van der Waals surface area contributed by atoms with Crippen molar-refractivity contribution in [1.82, 2.24) is 9.88 Å². The van der Waals surface area contributed by atoms with Gasteiger partial charge in [0.25, 0.3) is 5.91 Å². The van der Waals surface area contributed by atoms with Crippen molar-refractivity contribution in [2.45, 2.75) is 25.5 Å². The second-order valence-electron chi connectivity index (χ2n) is 6.15. The van der Waals surface area contributed by atoms with Gasteiger partial charge in [0.05, 0.1) is 11.6 Å². The first-order chi connectivity index (χ1) is 12.1. The molecule has 25 heavy (non-hydrogen) atoms. The summed E-state index contributed by atoms with van der Waals surface area (Å²) in [4.78, 5) is 17.5. The Morgan fingerprint density at radius 2 is 2.12 bits per heavy atom. The van der Waals surface area contributed by atoms with E-state index in [4.69, 9.17) is 15.7 Å². The van der Waals surface area contributed by atoms with Crippen LogP contribution in [0.3, 0.4) is 0 Å². The van der Waals surface area contributed by atoms with Crippen LogP contribution < -0.4 is 10.5 Å². The Morgan fingerprint density at radius 1 is 1.32 bits per heavy atom. The highest BCUT2D eigenvalue weighted by molar-refractivity contribution is 5.91. The van der Waals surface area contributed by atoms with E-state index >= 15 is 0 Å². The summed E-state index contributed by atoms with van der Waals surface area (Å²) in [5.74, 6) is 0.0730. The molecule has 0 aliphatic carbocycles. The number of rotatable bonds is 5. The van der Waals surface area contributed by atoms with Gasteiger partial charge in [0.2, 0.25) is 0 Å². The number of hydrogen-bond donors (Lipinski definition) is 1. The third-order valence-electron chi connectivity index (χ3n) is 4.28. The van der Waals surface area contributed by atoms with Crippen LogP contribution in [0.4, 0.5) is 0 Å². The van der Waals surface area contributed by atoms with Crippen LogP contribution in [-0.2, 0) is 6.54 Å². The molecule has 1 aliphatic heterocycles. The van der Waals surface area contributed by atoms with Crippen molar-refractivity contribution in [3.05, 3.63) is 59.4 Å². The van der Waals surface area contributed by atoms with E-state index in [9.17, 15) is 4.79 Å². The maximum Gasteiger partial charge on any atom is 0.267 e. The molecule has 3 rings (SSSR count). The average Bonchev–Trinajstić information content (AvgIpc) is 2.64. The largest absolute Gasteiger partial charge is 0.490 e. The van der Waals surface area contributed by atoms with Crippen LogP contribution in [0.25, 0.3) is 0 Å². The van der Waals surface area contributed by atoms with Crippen LogP contribution in [0.2, 0.25) is 0 Å². The minimum absolute atomic E-state index is 0.116. The Labute approximate surface area is 146 Å². The van der Waals surface area contributed by atoms with Crippen LogP contribution in [0.15, 0.2) is 42.6 Å². The predicted octanol–water partition coefficient (Wildman–Crippen LogP) is 2.10. The Balaban J connectivity index is 1.52. The van der Waals surface area contributed by atoms with Crippen LogP contribution in [0, 0.1) is 11.3 Å². The average molecular weight is 336 g/mol. The lowest BCUT2D eigenvalue weighted by Gasteiger charge is -2.32. The first kappa shape index (κ1) is 16.9. The molecule has 2 heterocycles. The number of nitrogens with zero attached hydrogens (tertiary/aromatic N) is 3. The maximum absolute atomic E-state index is 11.2. The van der Waals surface area contributed by atoms with E-state index in [0.717, 1.165) is 38.0 Å². The van der Waals surface area contributed by atoms with E-state index in [0.29, 0.717) is 11.3 Å². The number of carbonyl (C=O) groups excluding carboxylic acids is 1. The molecule has 2 N–H and O–H groups in total. The molecule has 0 spiro atoms. The molecule has 0 bridgehead atoms. The predicted molar refractivity (Wildman–Crippen MR) is 92.8 cm³/mol. The molecule has 1 saturated heterocycles. The zero-order chi connectivity index (χ0) is 17.6. The molecule has 1 aliphatic rings. The number of ether oxygens (including phenoxy) is 1. The molecule has 6 heteroatoms. The summed E-state index contributed by atoms with van der Waals surface area (Å²) in [5.41, 5.74) is 7.30. The minimum atomic E-state index is -0.556. The van der Waals surface area contributed by atoms with Crippen molar-refractivity contribution in [2.24, 2.45) is 5.73 Å². The molecule has 2 aromatic rings. The van der Waals surface area contributed by atoms with Gasteiger partial charge in [-0.2, -0.15) is 5.26 Å². The third-order valence-corrected chi connectivity index (χ3v) is 4.28. The summed E-state index contributed by atoms with van der Waals surface area (Å²) in [6.07, 6.45) is 3.47. The molecule has 1 aromatic carbocycles. The molecule has 1 aromatic heterocycles. The summed E-state index contributed by atoms with van der Waals surface area (Å²) in [7, 11) is 0. The van der Waals surface area contributed by atoms with Gasteiger partial charge in [-0.25, -0.2) is 0 Å². The van der Waals surface area contributed by atoms with E-state index in [1.54, 1.807) is 12.1 Å². The van der Waals surface area contributed by atoms with E-state index in [1.165, 1.54) is 6.20 Å². The smallest absolute Gasteiger partial charge is 0.267 e. The summed E-state index contributed by atoms with van der Waals surface area (Å²) in [6.45, 7) is 2.69. The van der Waals surface area contributed by atoms with Crippen molar-refractivity contribution in [2.75, 3.05) is 13.1 Å². The Bertz CT molecular complexity index is 792. The maximum atomic E-state index is 11.2. The van der Waals surface area contributed by atoms with Crippen molar-refractivity contribution < 1.29 is 9.53 Å². The molecule has 0 unspecified atom stereocenters. The molecule has 1 amide bonds. The van der Waals surface area contributed by atoms with Crippen LogP contribution in [-0.4, -0.2) is 35.0 Å². The van der Waals surface area contributed by atoms with Gasteiger partial charge in [-0.15, -0.1) is 0 Å². The highest BCUT2D eigenvalue weighted by Gasteiger charge is 2.21. The van der Waals surface area contributed by atoms with E-state index in [1.807, 2.05) is 24.3 Å². The molecular weight excluding hydrogens is 316 g/mol. The molecule has 0 radical (unpaired) electrons. The van der Waals surface area contributed by atoms with Gasteiger partial charge in [0.15, 0.2) is 0 Å².